The summed E-state index contributed by atoms with van der Waals surface area (Å²) in [6, 6.07) is 12.3. The van der Waals surface area contributed by atoms with Crippen LogP contribution < -0.4 is 5.32 Å². The third-order valence-corrected chi connectivity index (χ3v) is 3.68. The van der Waals surface area contributed by atoms with Crippen LogP contribution in [0.4, 0.5) is 5.69 Å². The molecule has 2 rings (SSSR count). The van der Waals surface area contributed by atoms with Crippen LogP contribution in [0.3, 0.4) is 0 Å². The van der Waals surface area contributed by atoms with Gasteiger partial charge in [0.15, 0.2) is 0 Å². The Labute approximate surface area is 136 Å². The molecule has 0 bridgehead atoms. The van der Waals surface area contributed by atoms with Gasteiger partial charge in [-0.15, -0.1) is 0 Å². The molecule has 0 heterocycles. The van der Waals surface area contributed by atoms with Crippen LogP contribution in [0, 0.1) is 10.5 Å². The van der Waals surface area contributed by atoms with Crippen LogP contribution in [-0.4, -0.2) is 19.0 Å². The molecule has 0 saturated heterocycles. The molecule has 2 aromatic rings. The highest BCUT2D eigenvalue weighted by atomic mass is 127. The van der Waals surface area contributed by atoms with Crippen LogP contribution >= 0.6 is 22.6 Å². The van der Waals surface area contributed by atoms with Crippen LogP contribution in [0.2, 0.25) is 0 Å². The summed E-state index contributed by atoms with van der Waals surface area (Å²) in [5.41, 5.74) is 2.23. The Morgan fingerprint density at radius 2 is 1.76 bits per heavy atom. The number of benzene rings is 2. The Balaban J connectivity index is 2.31. The zero-order chi connectivity index (χ0) is 15.4. The summed E-state index contributed by atoms with van der Waals surface area (Å²) < 4.78 is 5.79. The van der Waals surface area contributed by atoms with Crippen molar-refractivity contribution >= 4 is 40.2 Å². The SMILES string of the molecule is COC(=O)c1ccccc1C(=O)Nc1ccc(I)cc1C. The van der Waals surface area contributed by atoms with Gasteiger partial charge in [-0.25, -0.2) is 4.79 Å². The lowest BCUT2D eigenvalue weighted by Crippen LogP contribution is -2.17. The fraction of sp³-hybridized carbons (Fsp3) is 0.125. The van der Waals surface area contributed by atoms with Gasteiger partial charge in [0.05, 0.1) is 18.2 Å². The lowest BCUT2D eigenvalue weighted by atomic mass is 10.1. The average Bonchev–Trinajstić information content (AvgIpc) is 2.49. The topological polar surface area (TPSA) is 55.4 Å². The first-order chi connectivity index (χ1) is 10.0. The second kappa shape index (κ2) is 6.71. The molecule has 108 valence electrons. The maximum Gasteiger partial charge on any atom is 0.338 e. The molecule has 0 atom stereocenters. The molecule has 0 spiro atoms. The van der Waals surface area contributed by atoms with Gasteiger partial charge in [-0.3, -0.25) is 4.79 Å². The predicted octanol–water partition coefficient (Wildman–Crippen LogP) is 3.64. The number of rotatable bonds is 3. The van der Waals surface area contributed by atoms with Gasteiger partial charge >= 0.3 is 5.97 Å². The van der Waals surface area contributed by atoms with Crippen molar-refractivity contribution in [3.05, 3.63) is 62.7 Å². The number of halogens is 1. The molecule has 0 aliphatic heterocycles. The van der Waals surface area contributed by atoms with E-state index in [0.29, 0.717) is 5.56 Å². The van der Waals surface area contributed by atoms with E-state index in [1.54, 1.807) is 24.3 Å². The number of anilines is 1. The first-order valence-electron chi connectivity index (χ1n) is 6.27. The number of hydrogen-bond acceptors (Lipinski definition) is 3. The van der Waals surface area contributed by atoms with Crippen LogP contribution in [0.5, 0.6) is 0 Å². The van der Waals surface area contributed by atoms with Gasteiger partial charge in [0.1, 0.15) is 0 Å². The zero-order valence-corrected chi connectivity index (χ0v) is 13.8. The Morgan fingerprint density at radius 3 is 2.38 bits per heavy atom. The summed E-state index contributed by atoms with van der Waals surface area (Å²) in [5.74, 6) is -0.861. The highest BCUT2D eigenvalue weighted by molar-refractivity contribution is 14.1. The summed E-state index contributed by atoms with van der Waals surface area (Å²) in [5, 5.41) is 2.82. The second-order valence-electron chi connectivity index (χ2n) is 4.45. The molecule has 0 aliphatic rings. The molecule has 0 saturated carbocycles. The first kappa shape index (κ1) is 15.5. The number of aryl methyl sites for hydroxylation is 1. The van der Waals surface area contributed by atoms with Crippen LogP contribution in [0.1, 0.15) is 26.3 Å². The minimum Gasteiger partial charge on any atom is -0.465 e. The fourth-order valence-electron chi connectivity index (χ4n) is 1.93. The number of carbonyl (C=O) groups is 2. The normalized spacial score (nSPS) is 10.0. The molecule has 0 aromatic heterocycles. The number of methoxy groups -OCH3 is 1. The Hall–Kier alpha value is -1.89. The van der Waals surface area contributed by atoms with Crippen molar-refractivity contribution in [3.8, 4) is 0 Å². The summed E-state index contributed by atoms with van der Waals surface area (Å²) in [6.45, 7) is 1.92. The van der Waals surface area contributed by atoms with Gasteiger partial charge in [0.2, 0.25) is 0 Å². The lowest BCUT2D eigenvalue weighted by molar-refractivity contribution is 0.0597. The summed E-state index contributed by atoms with van der Waals surface area (Å²) in [7, 11) is 1.29. The molecule has 1 N–H and O–H groups in total. The van der Waals surface area contributed by atoms with E-state index in [4.69, 9.17) is 4.74 Å². The van der Waals surface area contributed by atoms with Crippen LogP contribution in [0.25, 0.3) is 0 Å². The molecular weight excluding hydrogens is 381 g/mol. The third kappa shape index (κ3) is 3.60. The number of ether oxygens (including phenoxy) is 1. The molecule has 2 aromatic carbocycles. The number of carbonyl (C=O) groups excluding carboxylic acids is 2. The Bertz CT molecular complexity index is 698. The lowest BCUT2D eigenvalue weighted by Gasteiger charge is -2.11. The van der Waals surface area contributed by atoms with Gasteiger partial charge in [-0.2, -0.15) is 0 Å². The van der Waals surface area contributed by atoms with Gasteiger partial charge in [-0.05, 0) is 65.4 Å². The zero-order valence-electron chi connectivity index (χ0n) is 11.6. The maximum atomic E-state index is 12.4. The van der Waals surface area contributed by atoms with E-state index in [2.05, 4.69) is 27.9 Å². The standard InChI is InChI=1S/C16H14INO3/c1-10-9-11(17)7-8-14(10)18-15(19)12-5-3-4-6-13(12)16(20)21-2/h3-9H,1-2H3,(H,18,19). The quantitative estimate of drug-likeness (QED) is 0.638. The van der Waals surface area contributed by atoms with Crippen molar-refractivity contribution in [2.75, 3.05) is 12.4 Å². The van der Waals surface area contributed by atoms with Crippen molar-refractivity contribution < 1.29 is 14.3 Å². The van der Waals surface area contributed by atoms with E-state index in [1.807, 2.05) is 25.1 Å². The van der Waals surface area contributed by atoms with E-state index in [-0.39, 0.29) is 11.5 Å². The molecule has 4 nitrogen and oxygen atoms in total. The van der Waals surface area contributed by atoms with Gasteiger partial charge in [-0.1, -0.05) is 12.1 Å². The fourth-order valence-corrected chi connectivity index (χ4v) is 2.57. The summed E-state index contributed by atoms with van der Waals surface area (Å²) in [6.07, 6.45) is 0. The number of hydrogen-bond donors (Lipinski definition) is 1. The van der Waals surface area contributed by atoms with Crippen molar-refractivity contribution in [1.82, 2.24) is 0 Å². The highest BCUT2D eigenvalue weighted by Crippen LogP contribution is 2.19. The van der Waals surface area contributed by atoms with Gasteiger partial charge in [0.25, 0.3) is 5.91 Å². The predicted molar refractivity (Wildman–Crippen MR) is 89.6 cm³/mol. The van der Waals surface area contributed by atoms with E-state index in [1.165, 1.54) is 7.11 Å². The highest BCUT2D eigenvalue weighted by Gasteiger charge is 2.17. The molecule has 5 heteroatoms. The number of esters is 1. The molecule has 21 heavy (non-hydrogen) atoms. The van der Waals surface area contributed by atoms with Crippen molar-refractivity contribution in [2.24, 2.45) is 0 Å². The molecular formula is C16H14INO3. The van der Waals surface area contributed by atoms with E-state index < -0.39 is 5.97 Å². The van der Waals surface area contributed by atoms with Crippen LogP contribution in [0.15, 0.2) is 42.5 Å². The summed E-state index contributed by atoms with van der Waals surface area (Å²) in [4.78, 5) is 24.1. The molecule has 1 amide bonds. The molecule has 0 aliphatic carbocycles. The molecule has 0 unspecified atom stereocenters. The minimum absolute atomic E-state index is 0.251. The van der Waals surface area contributed by atoms with Crippen LogP contribution in [-0.2, 0) is 4.74 Å². The second-order valence-corrected chi connectivity index (χ2v) is 5.70. The summed E-state index contributed by atoms with van der Waals surface area (Å²) >= 11 is 2.21. The van der Waals surface area contributed by atoms with Gasteiger partial charge in [0, 0.05) is 9.26 Å². The number of nitrogens with one attached hydrogen (secondary N) is 1. The molecule has 0 radical (unpaired) electrons. The number of amides is 1. The largest absolute Gasteiger partial charge is 0.465 e. The Kier molecular flexibility index (Phi) is 4.95. The Morgan fingerprint density at radius 1 is 1.10 bits per heavy atom. The van der Waals surface area contributed by atoms with Crippen molar-refractivity contribution in [3.63, 3.8) is 0 Å². The van der Waals surface area contributed by atoms with Crippen molar-refractivity contribution in [2.45, 2.75) is 6.92 Å². The van der Waals surface area contributed by atoms with E-state index in [0.717, 1.165) is 14.8 Å². The third-order valence-electron chi connectivity index (χ3n) is 3.01. The maximum absolute atomic E-state index is 12.4. The first-order valence-corrected chi connectivity index (χ1v) is 7.35. The van der Waals surface area contributed by atoms with Gasteiger partial charge < -0.3 is 10.1 Å². The minimum atomic E-state index is -0.528. The monoisotopic (exact) mass is 395 g/mol. The van der Waals surface area contributed by atoms with E-state index >= 15 is 0 Å². The molecule has 0 fully saturated rings. The average molecular weight is 395 g/mol. The van der Waals surface area contributed by atoms with Crippen molar-refractivity contribution in [1.29, 1.82) is 0 Å². The smallest absolute Gasteiger partial charge is 0.338 e. The van der Waals surface area contributed by atoms with E-state index in [9.17, 15) is 9.59 Å².